The summed E-state index contributed by atoms with van der Waals surface area (Å²) in [4.78, 5) is 29.3. The fourth-order valence-electron chi connectivity index (χ4n) is 3.08. The number of carbonyl (C=O) groups excluding carboxylic acids is 1. The summed E-state index contributed by atoms with van der Waals surface area (Å²) in [6.07, 6.45) is 1.59. The van der Waals surface area contributed by atoms with Gasteiger partial charge in [-0.15, -0.1) is 0 Å². The van der Waals surface area contributed by atoms with Crippen molar-refractivity contribution in [1.29, 1.82) is 0 Å². The minimum atomic E-state index is -0.549. The first kappa shape index (κ1) is 16.5. The molecule has 126 valence electrons. The van der Waals surface area contributed by atoms with Crippen LogP contribution in [0.4, 0.5) is 0 Å². The number of fused-ring (bicyclic) bond motifs is 1. The van der Waals surface area contributed by atoms with E-state index < -0.39 is 5.97 Å². The molecule has 1 aliphatic heterocycles. The predicted octanol–water partition coefficient (Wildman–Crippen LogP) is 2.15. The van der Waals surface area contributed by atoms with E-state index in [-0.39, 0.29) is 17.7 Å². The first-order valence-corrected chi connectivity index (χ1v) is 8.36. The van der Waals surface area contributed by atoms with Crippen LogP contribution in [-0.2, 0) is 24.1 Å². The number of pyridine rings is 1. The Morgan fingerprint density at radius 1 is 1.21 bits per heavy atom. The number of hydrogen-bond donors (Lipinski definition) is 1. The highest BCUT2D eigenvalue weighted by atomic mass is 16.5. The van der Waals surface area contributed by atoms with Gasteiger partial charge >= 0.3 is 5.97 Å². The van der Waals surface area contributed by atoms with Gasteiger partial charge in [0, 0.05) is 31.7 Å². The SMILES string of the molecule is CCOC(=O)c1cc2c([nH]c1=O)CCN(Cc1ccccc1)CC2. The van der Waals surface area contributed by atoms with Crippen molar-refractivity contribution in [1.82, 2.24) is 9.88 Å². The Morgan fingerprint density at radius 3 is 2.71 bits per heavy atom. The average molecular weight is 326 g/mol. The third-order valence-electron chi connectivity index (χ3n) is 4.33. The van der Waals surface area contributed by atoms with Gasteiger partial charge < -0.3 is 9.72 Å². The second kappa shape index (κ2) is 7.45. The number of hydrogen-bond acceptors (Lipinski definition) is 4. The number of H-pyrrole nitrogens is 1. The number of esters is 1. The maximum absolute atomic E-state index is 12.1. The zero-order chi connectivity index (χ0) is 16.9. The Morgan fingerprint density at radius 2 is 1.96 bits per heavy atom. The van der Waals surface area contributed by atoms with Crippen molar-refractivity contribution in [2.45, 2.75) is 26.3 Å². The van der Waals surface area contributed by atoms with Crippen LogP contribution in [0.2, 0.25) is 0 Å². The Hall–Kier alpha value is -2.40. The zero-order valence-electron chi connectivity index (χ0n) is 13.9. The monoisotopic (exact) mass is 326 g/mol. The first-order chi connectivity index (χ1) is 11.7. The molecule has 3 rings (SSSR count). The summed E-state index contributed by atoms with van der Waals surface area (Å²) >= 11 is 0. The number of carbonyl (C=O) groups is 1. The van der Waals surface area contributed by atoms with Gasteiger partial charge in [-0.1, -0.05) is 30.3 Å². The van der Waals surface area contributed by atoms with E-state index in [0.29, 0.717) is 0 Å². The van der Waals surface area contributed by atoms with Gasteiger partial charge in [0.2, 0.25) is 0 Å². The molecule has 1 aromatic carbocycles. The molecular weight excluding hydrogens is 304 g/mol. The number of aromatic amines is 1. The van der Waals surface area contributed by atoms with Crippen LogP contribution in [0.1, 0.15) is 34.1 Å². The lowest BCUT2D eigenvalue weighted by Gasteiger charge is -2.19. The molecule has 1 aromatic heterocycles. The maximum Gasteiger partial charge on any atom is 0.343 e. The smallest absolute Gasteiger partial charge is 0.343 e. The van der Waals surface area contributed by atoms with Crippen molar-refractivity contribution in [2.75, 3.05) is 19.7 Å². The standard InChI is InChI=1S/C19H22N2O3/c1-2-24-19(23)16-12-15-8-10-21(11-9-17(15)20-18(16)22)13-14-6-4-3-5-7-14/h3-7,12H,2,8-11,13H2,1H3,(H,20,22). The normalized spacial score (nSPS) is 14.7. The van der Waals surface area contributed by atoms with E-state index in [1.54, 1.807) is 13.0 Å². The van der Waals surface area contributed by atoms with Gasteiger partial charge in [0.05, 0.1) is 6.61 Å². The molecule has 1 aliphatic rings. The fourth-order valence-corrected chi connectivity index (χ4v) is 3.08. The van der Waals surface area contributed by atoms with Crippen molar-refractivity contribution in [3.05, 3.63) is 69.1 Å². The van der Waals surface area contributed by atoms with Crippen molar-refractivity contribution < 1.29 is 9.53 Å². The van der Waals surface area contributed by atoms with Crippen molar-refractivity contribution in [3.63, 3.8) is 0 Å². The summed E-state index contributed by atoms with van der Waals surface area (Å²) in [6.45, 7) is 4.67. The van der Waals surface area contributed by atoms with Gasteiger partial charge in [-0.2, -0.15) is 0 Å². The quantitative estimate of drug-likeness (QED) is 0.875. The van der Waals surface area contributed by atoms with Crippen molar-refractivity contribution >= 4 is 5.97 Å². The molecule has 0 unspecified atom stereocenters. The van der Waals surface area contributed by atoms with Crippen molar-refractivity contribution in [3.8, 4) is 0 Å². The lowest BCUT2D eigenvalue weighted by Crippen LogP contribution is -2.26. The topological polar surface area (TPSA) is 62.4 Å². The maximum atomic E-state index is 12.1. The van der Waals surface area contributed by atoms with E-state index >= 15 is 0 Å². The minimum absolute atomic E-state index is 0.104. The summed E-state index contributed by atoms with van der Waals surface area (Å²) in [5.41, 5.74) is 3.00. The molecule has 0 atom stereocenters. The average Bonchev–Trinajstić information content (AvgIpc) is 2.77. The highest BCUT2D eigenvalue weighted by Gasteiger charge is 2.19. The van der Waals surface area contributed by atoms with Gasteiger partial charge in [0.1, 0.15) is 5.56 Å². The molecule has 0 fully saturated rings. The summed E-state index contributed by atoms with van der Waals surface area (Å²) in [6, 6.07) is 12.1. The van der Waals surface area contributed by atoms with Gasteiger partial charge in [0.15, 0.2) is 0 Å². The Kier molecular flexibility index (Phi) is 5.11. The van der Waals surface area contributed by atoms with Gasteiger partial charge in [-0.05, 0) is 30.5 Å². The molecule has 2 aromatic rings. The fraction of sp³-hybridized carbons (Fsp3) is 0.368. The molecule has 0 saturated heterocycles. The van der Waals surface area contributed by atoms with Crippen LogP contribution >= 0.6 is 0 Å². The molecule has 1 N–H and O–H groups in total. The summed E-state index contributed by atoms with van der Waals surface area (Å²) in [5.74, 6) is -0.549. The molecule has 0 bridgehead atoms. The molecule has 5 heteroatoms. The van der Waals surface area contributed by atoms with E-state index in [1.165, 1.54) is 5.56 Å². The number of ether oxygens (including phenoxy) is 1. The van der Waals surface area contributed by atoms with Crippen LogP contribution in [0.25, 0.3) is 0 Å². The molecule has 0 radical (unpaired) electrons. The number of aromatic nitrogens is 1. The van der Waals surface area contributed by atoms with E-state index in [0.717, 1.165) is 43.7 Å². The second-order valence-electron chi connectivity index (χ2n) is 6.00. The van der Waals surface area contributed by atoms with Crippen LogP contribution < -0.4 is 5.56 Å². The number of rotatable bonds is 4. The third kappa shape index (κ3) is 3.74. The molecule has 2 heterocycles. The van der Waals surface area contributed by atoms with Crippen LogP contribution in [0.5, 0.6) is 0 Å². The lowest BCUT2D eigenvalue weighted by molar-refractivity contribution is 0.0524. The van der Waals surface area contributed by atoms with Gasteiger partial charge in [0.25, 0.3) is 5.56 Å². The molecule has 0 spiro atoms. The molecule has 0 aliphatic carbocycles. The predicted molar refractivity (Wildman–Crippen MR) is 92.1 cm³/mol. The summed E-state index contributed by atoms with van der Waals surface area (Å²) < 4.78 is 4.96. The second-order valence-corrected chi connectivity index (χ2v) is 6.00. The molecular formula is C19H22N2O3. The molecule has 24 heavy (non-hydrogen) atoms. The number of nitrogens with zero attached hydrogens (tertiary/aromatic N) is 1. The van der Waals surface area contributed by atoms with E-state index in [9.17, 15) is 9.59 Å². The summed E-state index contributed by atoms with van der Waals surface area (Å²) in [7, 11) is 0. The Balaban J connectivity index is 1.76. The van der Waals surface area contributed by atoms with Crippen LogP contribution in [0, 0.1) is 0 Å². The van der Waals surface area contributed by atoms with Crippen LogP contribution in [-0.4, -0.2) is 35.5 Å². The first-order valence-electron chi connectivity index (χ1n) is 8.36. The van der Waals surface area contributed by atoms with Crippen LogP contribution in [0.15, 0.2) is 41.2 Å². The highest BCUT2D eigenvalue weighted by molar-refractivity contribution is 5.89. The lowest BCUT2D eigenvalue weighted by atomic mass is 10.1. The summed E-state index contributed by atoms with van der Waals surface area (Å²) in [5, 5.41) is 0. The van der Waals surface area contributed by atoms with Gasteiger partial charge in [-0.3, -0.25) is 9.69 Å². The number of benzene rings is 1. The van der Waals surface area contributed by atoms with Gasteiger partial charge in [-0.25, -0.2) is 4.79 Å². The minimum Gasteiger partial charge on any atom is -0.462 e. The third-order valence-corrected chi connectivity index (χ3v) is 4.33. The highest BCUT2D eigenvalue weighted by Crippen LogP contribution is 2.16. The number of nitrogens with one attached hydrogen (secondary N) is 1. The van der Waals surface area contributed by atoms with E-state index in [1.807, 2.05) is 18.2 Å². The van der Waals surface area contributed by atoms with Crippen molar-refractivity contribution in [2.24, 2.45) is 0 Å². The zero-order valence-corrected chi connectivity index (χ0v) is 13.9. The largest absolute Gasteiger partial charge is 0.462 e. The van der Waals surface area contributed by atoms with E-state index in [4.69, 9.17) is 4.74 Å². The van der Waals surface area contributed by atoms with E-state index in [2.05, 4.69) is 22.0 Å². The molecule has 5 nitrogen and oxygen atoms in total. The Labute approximate surface area is 141 Å². The Bertz CT molecular complexity index is 768. The molecule has 0 amide bonds. The molecule has 0 saturated carbocycles. The van der Waals surface area contributed by atoms with Crippen LogP contribution in [0.3, 0.4) is 0 Å².